The van der Waals surface area contributed by atoms with Gasteiger partial charge in [-0.25, -0.2) is 0 Å². The second-order valence-electron chi connectivity index (χ2n) is 4.26. The lowest BCUT2D eigenvalue weighted by molar-refractivity contribution is 0.333. The first-order valence-corrected chi connectivity index (χ1v) is 6.76. The summed E-state index contributed by atoms with van der Waals surface area (Å²) in [6.45, 7) is 5.38. The van der Waals surface area contributed by atoms with Crippen LogP contribution >= 0.6 is 0 Å². The number of hydrogen-bond acceptors (Lipinski definition) is 2. The van der Waals surface area contributed by atoms with Crippen LogP contribution in [-0.2, 0) is 6.42 Å². The first-order valence-electron chi connectivity index (χ1n) is 6.76. The lowest BCUT2D eigenvalue weighted by Crippen LogP contribution is -2.00. The van der Waals surface area contributed by atoms with Crippen molar-refractivity contribution in [2.45, 2.75) is 20.3 Å². The van der Waals surface area contributed by atoms with E-state index in [4.69, 9.17) is 9.47 Å². The van der Waals surface area contributed by atoms with E-state index in [0.717, 1.165) is 17.9 Å². The average Bonchev–Trinajstić information content (AvgIpc) is 2.44. The smallest absolute Gasteiger partial charge is 0.122 e. The normalized spacial score (nSPS) is 10.2. The standard InChI is InChI=1S/C17H20O2/c1-3-18-16-11-7-5-9-14(16)13-15-10-6-8-12-17(15)19-4-2/h5-12H,3-4,13H2,1-2H3. The molecule has 0 aliphatic carbocycles. The summed E-state index contributed by atoms with van der Waals surface area (Å²) >= 11 is 0. The van der Waals surface area contributed by atoms with Gasteiger partial charge in [-0.15, -0.1) is 0 Å². The molecule has 2 nitrogen and oxygen atoms in total. The molecule has 0 aliphatic rings. The van der Waals surface area contributed by atoms with Crippen LogP contribution in [0.15, 0.2) is 48.5 Å². The molecule has 0 N–H and O–H groups in total. The highest BCUT2D eigenvalue weighted by Crippen LogP contribution is 2.26. The van der Waals surface area contributed by atoms with Gasteiger partial charge in [0.15, 0.2) is 0 Å². The van der Waals surface area contributed by atoms with Crippen molar-refractivity contribution in [3.05, 3.63) is 59.7 Å². The zero-order valence-corrected chi connectivity index (χ0v) is 11.6. The highest BCUT2D eigenvalue weighted by Gasteiger charge is 2.07. The van der Waals surface area contributed by atoms with Gasteiger partial charge in [-0.2, -0.15) is 0 Å². The topological polar surface area (TPSA) is 18.5 Å². The maximum atomic E-state index is 5.67. The van der Waals surface area contributed by atoms with E-state index < -0.39 is 0 Å². The molecule has 0 aromatic heterocycles. The summed E-state index contributed by atoms with van der Waals surface area (Å²) < 4.78 is 11.3. The van der Waals surface area contributed by atoms with E-state index in [0.29, 0.717) is 13.2 Å². The van der Waals surface area contributed by atoms with Crippen molar-refractivity contribution in [2.75, 3.05) is 13.2 Å². The minimum atomic E-state index is 0.685. The Bertz CT molecular complexity index is 473. The first kappa shape index (κ1) is 13.5. The molecule has 0 fully saturated rings. The minimum Gasteiger partial charge on any atom is -0.494 e. The zero-order valence-electron chi connectivity index (χ0n) is 11.6. The van der Waals surface area contributed by atoms with Crippen molar-refractivity contribution in [2.24, 2.45) is 0 Å². The third kappa shape index (κ3) is 3.50. The number of para-hydroxylation sites is 2. The first-order chi connectivity index (χ1) is 9.35. The van der Waals surface area contributed by atoms with Crippen LogP contribution in [0.25, 0.3) is 0 Å². The summed E-state index contributed by atoms with van der Waals surface area (Å²) in [5.74, 6) is 1.91. The van der Waals surface area contributed by atoms with Crippen LogP contribution < -0.4 is 9.47 Å². The molecular formula is C17H20O2. The Kier molecular flexibility index (Phi) is 4.85. The van der Waals surface area contributed by atoms with Crippen LogP contribution in [0.3, 0.4) is 0 Å². The SMILES string of the molecule is CCOc1ccccc1Cc1ccccc1OCC. The summed E-state index contributed by atoms with van der Waals surface area (Å²) in [5.41, 5.74) is 2.38. The van der Waals surface area contributed by atoms with Gasteiger partial charge in [0.25, 0.3) is 0 Å². The van der Waals surface area contributed by atoms with Gasteiger partial charge in [0.2, 0.25) is 0 Å². The number of hydrogen-bond donors (Lipinski definition) is 0. The van der Waals surface area contributed by atoms with E-state index in [1.165, 1.54) is 11.1 Å². The maximum Gasteiger partial charge on any atom is 0.122 e. The van der Waals surface area contributed by atoms with E-state index in [9.17, 15) is 0 Å². The Hall–Kier alpha value is -1.96. The lowest BCUT2D eigenvalue weighted by Gasteiger charge is -2.13. The van der Waals surface area contributed by atoms with Crippen LogP contribution in [0.1, 0.15) is 25.0 Å². The van der Waals surface area contributed by atoms with Gasteiger partial charge in [-0.1, -0.05) is 36.4 Å². The summed E-state index contributed by atoms with van der Waals surface area (Å²) in [6, 6.07) is 16.3. The molecule has 2 rings (SSSR count). The molecular weight excluding hydrogens is 236 g/mol. The second kappa shape index (κ2) is 6.83. The van der Waals surface area contributed by atoms with Gasteiger partial charge < -0.3 is 9.47 Å². The molecule has 100 valence electrons. The molecule has 0 bridgehead atoms. The van der Waals surface area contributed by atoms with Crippen LogP contribution in [-0.4, -0.2) is 13.2 Å². The van der Waals surface area contributed by atoms with Crippen LogP contribution in [0.4, 0.5) is 0 Å². The van der Waals surface area contributed by atoms with Crippen LogP contribution in [0, 0.1) is 0 Å². The van der Waals surface area contributed by atoms with Gasteiger partial charge in [0, 0.05) is 6.42 Å². The Labute approximate surface area is 115 Å². The number of rotatable bonds is 6. The fraction of sp³-hybridized carbons (Fsp3) is 0.294. The molecule has 2 aromatic carbocycles. The highest BCUT2D eigenvalue weighted by atomic mass is 16.5. The van der Waals surface area contributed by atoms with E-state index in [1.807, 2.05) is 50.2 Å². The molecule has 0 heterocycles. The fourth-order valence-electron chi connectivity index (χ4n) is 2.10. The van der Waals surface area contributed by atoms with Crippen molar-refractivity contribution < 1.29 is 9.47 Å². The van der Waals surface area contributed by atoms with Gasteiger partial charge in [0.1, 0.15) is 11.5 Å². The van der Waals surface area contributed by atoms with Gasteiger partial charge in [-0.05, 0) is 37.1 Å². The summed E-state index contributed by atoms with van der Waals surface area (Å²) in [6.07, 6.45) is 0.826. The summed E-state index contributed by atoms with van der Waals surface area (Å²) in [7, 11) is 0. The monoisotopic (exact) mass is 256 g/mol. The Morgan fingerprint density at radius 3 is 1.53 bits per heavy atom. The number of benzene rings is 2. The fourth-order valence-corrected chi connectivity index (χ4v) is 2.10. The third-order valence-electron chi connectivity index (χ3n) is 2.93. The third-order valence-corrected chi connectivity index (χ3v) is 2.93. The average molecular weight is 256 g/mol. The largest absolute Gasteiger partial charge is 0.494 e. The van der Waals surface area contributed by atoms with Crippen molar-refractivity contribution in [3.8, 4) is 11.5 Å². The Morgan fingerprint density at radius 2 is 1.11 bits per heavy atom. The Balaban J connectivity index is 2.25. The van der Waals surface area contributed by atoms with Gasteiger partial charge in [0.05, 0.1) is 13.2 Å². The van der Waals surface area contributed by atoms with E-state index in [1.54, 1.807) is 0 Å². The summed E-state index contributed by atoms with van der Waals surface area (Å²) in [5, 5.41) is 0. The predicted molar refractivity (Wildman–Crippen MR) is 78.0 cm³/mol. The van der Waals surface area contributed by atoms with Crippen LogP contribution in [0.5, 0.6) is 11.5 Å². The number of ether oxygens (including phenoxy) is 2. The van der Waals surface area contributed by atoms with Crippen molar-refractivity contribution >= 4 is 0 Å². The maximum absolute atomic E-state index is 5.67. The van der Waals surface area contributed by atoms with Gasteiger partial charge in [-0.3, -0.25) is 0 Å². The molecule has 0 atom stereocenters. The lowest BCUT2D eigenvalue weighted by atomic mass is 10.0. The second-order valence-corrected chi connectivity index (χ2v) is 4.26. The molecule has 0 radical (unpaired) electrons. The molecule has 0 aliphatic heterocycles. The van der Waals surface area contributed by atoms with E-state index >= 15 is 0 Å². The predicted octanol–water partition coefficient (Wildman–Crippen LogP) is 4.07. The van der Waals surface area contributed by atoms with Gasteiger partial charge >= 0.3 is 0 Å². The molecule has 0 spiro atoms. The highest BCUT2D eigenvalue weighted by molar-refractivity contribution is 5.42. The Morgan fingerprint density at radius 1 is 0.684 bits per heavy atom. The van der Waals surface area contributed by atoms with Crippen molar-refractivity contribution in [1.82, 2.24) is 0 Å². The molecule has 2 aromatic rings. The van der Waals surface area contributed by atoms with E-state index in [2.05, 4.69) is 12.1 Å². The molecule has 0 unspecified atom stereocenters. The molecule has 2 heteroatoms. The molecule has 0 saturated carbocycles. The van der Waals surface area contributed by atoms with Crippen molar-refractivity contribution in [3.63, 3.8) is 0 Å². The molecule has 19 heavy (non-hydrogen) atoms. The minimum absolute atomic E-state index is 0.685. The van der Waals surface area contributed by atoms with Crippen LogP contribution in [0.2, 0.25) is 0 Å². The summed E-state index contributed by atoms with van der Waals surface area (Å²) in [4.78, 5) is 0. The molecule has 0 amide bonds. The van der Waals surface area contributed by atoms with E-state index in [-0.39, 0.29) is 0 Å². The zero-order chi connectivity index (χ0) is 13.5. The molecule has 0 saturated heterocycles. The quantitative estimate of drug-likeness (QED) is 0.775. The van der Waals surface area contributed by atoms with Crippen molar-refractivity contribution in [1.29, 1.82) is 0 Å².